The summed E-state index contributed by atoms with van der Waals surface area (Å²) >= 11 is 5.77. The number of fused-ring (bicyclic) bond motifs is 1. The quantitative estimate of drug-likeness (QED) is 0.661. The van der Waals surface area contributed by atoms with Crippen LogP contribution in [0.15, 0.2) is 48.7 Å². The molecule has 0 aliphatic carbocycles. The second-order valence-electron chi connectivity index (χ2n) is 8.08. The van der Waals surface area contributed by atoms with Gasteiger partial charge in [-0.15, -0.1) is 0 Å². The average molecular weight is 446 g/mol. The highest BCUT2D eigenvalue weighted by atomic mass is 35.5. The van der Waals surface area contributed by atoms with Gasteiger partial charge in [0.1, 0.15) is 23.0 Å². The van der Waals surface area contributed by atoms with Crippen molar-refractivity contribution < 1.29 is 23.8 Å². The molecular formula is C22H24ClN3O5. The highest BCUT2D eigenvalue weighted by Gasteiger charge is 2.61. The summed E-state index contributed by atoms with van der Waals surface area (Å²) in [6.07, 6.45) is 0.524. The van der Waals surface area contributed by atoms with E-state index in [9.17, 15) is 9.59 Å². The Kier molecular flexibility index (Phi) is 5.98. The molecule has 1 aromatic carbocycles. The molecule has 0 bridgehead atoms. The predicted octanol–water partition coefficient (Wildman–Crippen LogP) is 2.18. The number of nitrogens with zero attached hydrogens (tertiary/aromatic N) is 1. The topological polar surface area (TPSA) is 98.8 Å². The smallest absolute Gasteiger partial charge is 0.252 e. The lowest BCUT2D eigenvalue weighted by atomic mass is 9.96. The van der Waals surface area contributed by atoms with Gasteiger partial charge in [0.15, 0.2) is 5.79 Å². The average Bonchev–Trinajstić information content (AvgIpc) is 3.21. The number of carbonyl (C=O) groups excluding carboxylic acids is 2. The van der Waals surface area contributed by atoms with E-state index in [0.29, 0.717) is 16.3 Å². The van der Waals surface area contributed by atoms with Crippen LogP contribution in [0.25, 0.3) is 0 Å². The molecular weight excluding hydrogens is 422 g/mol. The Hall–Kier alpha value is -2.52. The second-order valence-corrected chi connectivity index (χ2v) is 8.47. The summed E-state index contributed by atoms with van der Waals surface area (Å²) in [5.41, 5.74) is 0.117. The van der Waals surface area contributed by atoms with Crippen LogP contribution in [0.3, 0.4) is 0 Å². The number of hydrogen-bond acceptors (Lipinski definition) is 6. The van der Waals surface area contributed by atoms with Crippen LogP contribution in [0.2, 0.25) is 5.15 Å². The molecule has 0 radical (unpaired) electrons. The Morgan fingerprint density at radius 1 is 1.10 bits per heavy atom. The Morgan fingerprint density at radius 2 is 1.84 bits per heavy atom. The van der Waals surface area contributed by atoms with Gasteiger partial charge in [-0.3, -0.25) is 9.59 Å². The fourth-order valence-corrected chi connectivity index (χ4v) is 4.04. The fraction of sp³-hybridized carbons (Fsp3) is 0.409. The Balaban J connectivity index is 1.40. The standard InChI is InChI=1S/C22H24ClN3O5/c1-21(2)30-18-16(11-25-20(28)15-8-9-17(23)24-10-15)29-13-22(18,31-21)12-26-19(27)14-6-4-3-5-7-14/h3-10,16,18H,11-13H2,1-2H3,(H,25,28)(H,26,27)/t16-,18-,22+/m1/s1. The SMILES string of the molecule is CC1(C)O[C@@H]2[C@@H](CNC(=O)c3ccc(Cl)nc3)OC[C@]2(CNC(=O)c2ccccc2)O1. The number of halogens is 1. The normalized spacial score (nSPS) is 26.3. The second kappa shape index (κ2) is 8.55. The molecule has 2 amide bonds. The fourth-order valence-electron chi connectivity index (χ4n) is 3.93. The number of carbonyl (C=O) groups is 2. The molecule has 164 valence electrons. The summed E-state index contributed by atoms with van der Waals surface area (Å²) in [7, 11) is 0. The van der Waals surface area contributed by atoms with Gasteiger partial charge in [-0.25, -0.2) is 4.98 Å². The Morgan fingerprint density at radius 3 is 2.55 bits per heavy atom. The Labute approximate surface area is 185 Å². The van der Waals surface area contributed by atoms with E-state index >= 15 is 0 Å². The van der Waals surface area contributed by atoms with Gasteiger partial charge in [-0.1, -0.05) is 29.8 Å². The number of hydrogen-bond donors (Lipinski definition) is 2. The predicted molar refractivity (Wildman–Crippen MR) is 113 cm³/mol. The van der Waals surface area contributed by atoms with Crippen molar-refractivity contribution in [1.29, 1.82) is 0 Å². The van der Waals surface area contributed by atoms with Crippen molar-refractivity contribution in [1.82, 2.24) is 15.6 Å². The van der Waals surface area contributed by atoms with Crippen LogP contribution in [0.5, 0.6) is 0 Å². The zero-order chi connectivity index (χ0) is 22.1. The molecule has 2 fully saturated rings. The Bertz CT molecular complexity index is 953. The monoisotopic (exact) mass is 445 g/mol. The van der Waals surface area contributed by atoms with E-state index < -0.39 is 23.6 Å². The molecule has 2 aliphatic heterocycles. The van der Waals surface area contributed by atoms with Crippen molar-refractivity contribution in [3.05, 3.63) is 64.9 Å². The number of amides is 2. The van der Waals surface area contributed by atoms with E-state index in [-0.39, 0.29) is 31.5 Å². The molecule has 0 saturated carbocycles. The van der Waals surface area contributed by atoms with Crippen LogP contribution in [0, 0.1) is 0 Å². The summed E-state index contributed by atoms with van der Waals surface area (Å²) in [4.78, 5) is 28.8. The summed E-state index contributed by atoms with van der Waals surface area (Å²) < 4.78 is 18.2. The molecule has 0 spiro atoms. The van der Waals surface area contributed by atoms with E-state index in [1.165, 1.54) is 6.20 Å². The van der Waals surface area contributed by atoms with Crippen LogP contribution < -0.4 is 10.6 Å². The molecule has 1 aromatic heterocycles. The van der Waals surface area contributed by atoms with E-state index in [4.69, 9.17) is 25.8 Å². The van der Waals surface area contributed by atoms with Crippen LogP contribution in [-0.2, 0) is 14.2 Å². The summed E-state index contributed by atoms with van der Waals surface area (Å²) in [6.45, 7) is 4.32. The number of nitrogens with one attached hydrogen (secondary N) is 2. The van der Waals surface area contributed by atoms with Gasteiger partial charge in [-0.05, 0) is 38.1 Å². The van der Waals surface area contributed by atoms with Crippen molar-refractivity contribution >= 4 is 23.4 Å². The molecule has 9 heteroatoms. The van der Waals surface area contributed by atoms with Gasteiger partial charge in [0.05, 0.1) is 18.7 Å². The number of ether oxygens (including phenoxy) is 3. The number of rotatable bonds is 6. The molecule has 2 aliphatic rings. The third kappa shape index (κ3) is 4.72. The molecule has 8 nitrogen and oxygen atoms in total. The number of pyridine rings is 1. The molecule has 31 heavy (non-hydrogen) atoms. The van der Waals surface area contributed by atoms with Crippen LogP contribution in [-0.4, -0.2) is 60.1 Å². The van der Waals surface area contributed by atoms with Crippen LogP contribution in [0.1, 0.15) is 34.6 Å². The third-order valence-electron chi connectivity index (χ3n) is 5.30. The number of aromatic nitrogens is 1. The van der Waals surface area contributed by atoms with Gasteiger partial charge in [0.2, 0.25) is 0 Å². The van der Waals surface area contributed by atoms with Gasteiger partial charge in [0.25, 0.3) is 11.8 Å². The van der Waals surface area contributed by atoms with E-state index in [1.807, 2.05) is 32.0 Å². The minimum atomic E-state index is -0.842. The summed E-state index contributed by atoms with van der Waals surface area (Å²) in [5, 5.41) is 6.08. The maximum Gasteiger partial charge on any atom is 0.252 e. The molecule has 2 saturated heterocycles. The lowest BCUT2D eigenvalue weighted by Gasteiger charge is -2.27. The van der Waals surface area contributed by atoms with Crippen molar-refractivity contribution in [3.63, 3.8) is 0 Å². The first-order valence-corrected chi connectivity index (χ1v) is 10.4. The van der Waals surface area contributed by atoms with Gasteiger partial charge < -0.3 is 24.8 Å². The minimum Gasteiger partial charge on any atom is -0.370 e. The first kappa shape index (κ1) is 21.7. The molecule has 3 atom stereocenters. The minimum absolute atomic E-state index is 0.200. The van der Waals surface area contributed by atoms with E-state index in [0.717, 1.165) is 0 Å². The highest BCUT2D eigenvalue weighted by molar-refractivity contribution is 6.29. The lowest BCUT2D eigenvalue weighted by molar-refractivity contribution is -0.188. The van der Waals surface area contributed by atoms with E-state index in [1.54, 1.807) is 24.3 Å². The molecule has 3 heterocycles. The number of benzene rings is 1. The van der Waals surface area contributed by atoms with Crippen molar-refractivity contribution in [2.45, 2.75) is 37.4 Å². The van der Waals surface area contributed by atoms with Crippen molar-refractivity contribution in [2.75, 3.05) is 19.7 Å². The third-order valence-corrected chi connectivity index (χ3v) is 5.52. The summed E-state index contributed by atoms with van der Waals surface area (Å²) in [5.74, 6) is -1.33. The maximum atomic E-state index is 12.5. The van der Waals surface area contributed by atoms with Gasteiger partial charge >= 0.3 is 0 Å². The molecule has 2 N–H and O–H groups in total. The van der Waals surface area contributed by atoms with Crippen molar-refractivity contribution in [2.24, 2.45) is 0 Å². The molecule has 0 unspecified atom stereocenters. The van der Waals surface area contributed by atoms with Crippen LogP contribution in [0.4, 0.5) is 0 Å². The highest BCUT2D eigenvalue weighted by Crippen LogP contribution is 2.43. The molecule has 2 aromatic rings. The van der Waals surface area contributed by atoms with Crippen LogP contribution >= 0.6 is 11.6 Å². The lowest BCUT2D eigenvalue weighted by Crippen LogP contribution is -2.52. The maximum absolute atomic E-state index is 12.5. The van der Waals surface area contributed by atoms with Gasteiger partial charge in [0, 0.05) is 18.3 Å². The molecule has 4 rings (SSSR count). The zero-order valence-corrected chi connectivity index (χ0v) is 18.0. The van der Waals surface area contributed by atoms with Crippen molar-refractivity contribution in [3.8, 4) is 0 Å². The van der Waals surface area contributed by atoms with E-state index in [2.05, 4.69) is 15.6 Å². The first-order valence-electron chi connectivity index (χ1n) is 10.0. The van der Waals surface area contributed by atoms with Gasteiger partial charge in [-0.2, -0.15) is 0 Å². The summed E-state index contributed by atoms with van der Waals surface area (Å²) in [6, 6.07) is 12.1. The largest absolute Gasteiger partial charge is 0.370 e. The zero-order valence-electron chi connectivity index (χ0n) is 17.3. The first-order chi connectivity index (χ1) is 14.8.